The molecule has 3 aromatic carbocycles. The van der Waals surface area contributed by atoms with E-state index in [4.69, 9.17) is 9.47 Å². The topological polar surface area (TPSA) is 64.6 Å². The monoisotopic (exact) mass is 371 g/mol. The summed E-state index contributed by atoms with van der Waals surface area (Å²) in [5.74, 6) is 1.39. The molecule has 0 saturated heterocycles. The summed E-state index contributed by atoms with van der Waals surface area (Å²) in [5.41, 5.74) is 0. The molecular formula is C20H21NO4S. The van der Waals surface area contributed by atoms with E-state index in [0.717, 1.165) is 16.5 Å². The summed E-state index contributed by atoms with van der Waals surface area (Å²) < 4.78 is 38.6. The Labute approximate surface area is 153 Å². The van der Waals surface area contributed by atoms with Gasteiger partial charge in [0.1, 0.15) is 18.1 Å². The molecule has 0 aliphatic carbocycles. The number of sulfonamides is 1. The molecule has 1 N–H and O–H groups in total. The number of hydrogen-bond donors (Lipinski definition) is 1. The Hall–Kier alpha value is -2.57. The Morgan fingerprint density at radius 3 is 2.27 bits per heavy atom. The molecule has 0 fully saturated rings. The van der Waals surface area contributed by atoms with Crippen LogP contribution in [0.25, 0.3) is 10.8 Å². The van der Waals surface area contributed by atoms with E-state index in [-0.39, 0.29) is 17.5 Å². The van der Waals surface area contributed by atoms with E-state index >= 15 is 0 Å². The van der Waals surface area contributed by atoms with Crippen LogP contribution in [0.3, 0.4) is 0 Å². The highest BCUT2D eigenvalue weighted by molar-refractivity contribution is 7.89. The molecule has 1 atom stereocenters. The van der Waals surface area contributed by atoms with Gasteiger partial charge in [0.2, 0.25) is 10.0 Å². The van der Waals surface area contributed by atoms with Crippen molar-refractivity contribution in [2.24, 2.45) is 0 Å². The zero-order valence-electron chi connectivity index (χ0n) is 14.7. The molecule has 0 bridgehead atoms. The van der Waals surface area contributed by atoms with Crippen LogP contribution in [0, 0.1) is 0 Å². The van der Waals surface area contributed by atoms with Crippen molar-refractivity contribution in [2.45, 2.75) is 17.9 Å². The lowest BCUT2D eigenvalue weighted by atomic mass is 10.1. The van der Waals surface area contributed by atoms with E-state index in [0.29, 0.717) is 5.75 Å². The van der Waals surface area contributed by atoms with Gasteiger partial charge in [0.25, 0.3) is 0 Å². The molecular weight excluding hydrogens is 350 g/mol. The SMILES string of the molecule is COc1ccc(OC[C@@H](C)NS(=O)(=O)c2ccc3ccccc3c2)cc1. The Morgan fingerprint density at radius 2 is 1.58 bits per heavy atom. The van der Waals surface area contributed by atoms with Crippen LogP contribution in [0.4, 0.5) is 0 Å². The van der Waals surface area contributed by atoms with Crippen LogP contribution in [0.2, 0.25) is 0 Å². The smallest absolute Gasteiger partial charge is 0.240 e. The van der Waals surface area contributed by atoms with E-state index in [2.05, 4.69) is 4.72 Å². The molecule has 0 heterocycles. The van der Waals surface area contributed by atoms with Gasteiger partial charge in [-0.3, -0.25) is 0 Å². The van der Waals surface area contributed by atoms with Crippen molar-refractivity contribution in [1.82, 2.24) is 4.72 Å². The second-order valence-electron chi connectivity index (χ2n) is 6.02. The molecule has 3 aromatic rings. The van der Waals surface area contributed by atoms with Crippen molar-refractivity contribution in [3.05, 3.63) is 66.7 Å². The molecule has 0 radical (unpaired) electrons. The van der Waals surface area contributed by atoms with Crippen LogP contribution >= 0.6 is 0 Å². The van der Waals surface area contributed by atoms with Gasteiger partial charge < -0.3 is 9.47 Å². The molecule has 3 rings (SSSR count). The minimum absolute atomic E-state index is 0.221. The summed E-state index contributed by atoms with van der Waals surface area (Å²) in [6.07, 6.45) is 0. The molecule has 26 heavy (non-hydrogen) atoms. The van der Waals surface area contributed by atoms with Crippen LogP contribution in [-0.4, -0.2) is 28.2 Å². The first-order chi connectivity index (χ1) is 12.5. The number of benzene rings is 3. The average molecular weight is 371 g/mol. The summed E-state index contributed by atoms with van der Waals surface area (Å²) in [7, 11) is -2.02. The zero-order chi connectivity index (χ0) is 18.6. The Balaban J connectivity index is 1.65. The fourth-order valence-corrected chi connectivity index (χ4v) is 3.86. The summed E-state index contributed by atoms with van der Waals surface area (Å²) in [4.78, 5) is 0.243. The third-order valence-electron chi connectivity index (χ3n) is 3.95. The van der Waals surface area contributed by atoms with Crippen LogP contribution < -0.4 is 14.2 Å². The lowest BCUT2D eigenvalue weighted by molar-refractivity contribution is 0.287. The highest BCUT2D eigenvalue weighted by Crippen LogP contribution is 2.20. The highest BCUT2D eigenvalue weighted by Gasteiger charge is 2.18. The minimum atomic E-state index is -3.62. The molecule has 0 aliphatic rings. The Bertz CT molecular complexity index is 984. The largest absolute Gasteiger partial charge is 0.497 e. The quantitative estimate of drug-likeness (QED) is 0.689. The predicted molar refractivity (Wildman–Crippen MR) is 102 cm³/mol. The number of hydrogen-bond acceptors (Lipinski definition) is 4. The second kappa shape index (κ2) is 7.76. The maximum atomic E-state index is 12.6. The second-order valence-corrected chi connectivity index (χ2v) is 7.73. The lowest BCUT2D eigenvalue weighted by Gasteiger charge is -2.16. The van der Waals surface area contributed by atoms with Gasteiger partial charge in [-0.2, -0.15) is 0 Å². The van der Waals surface area contributed by atoms with E-state index in [9.17, 15) is 8.42 Å². The average Bonchev–Trinajstić information content (AvgIpc) is 2.66. The maximum Gasteiger partial charge on any atom is 0.240 e. The molecule has 0 aromatic heterocycles. The lowest BCUT2D eigenvalue weighted by Crippen LogP contribution is -2.36. The summed E-state index contributed by atoms with van der Waals surface area (Å²) in [5, 5.41) is 1.89. The van der Waals surface area contributed by atoms with Crippen molar-refractivity contribution in [1.29, 1.82) is 0 Å². The van der Waals surface area contributed by atoms with Gasteiger partial charge in [-0.05, 0) is 54.1 Å². The summed E-state index contributed by atoms with van der Waals surface area (Å²) in [6.45, 7) is 1.99. The zero-order valence-corrected chi connectivity index (χ0v) is 15.5. The maximum absolute atomic E-state index is 12.6. The van der Waals surface area contributed by atoms with Gasteiger partial charge in [0.05, 0.1) is 18.0 Å². The van der Waals surface area contributed by atoms with Crippen molar-refractivity contribution < 1.29 is 17.9 Å². The molecule has 0 aliphatic heterocycles. The van der Waals surface area contributed by atoms with Gasteiger partial charge >= 0.3 is 0 Å². The van der Waals surface area contributed by atoms with E-state index in [1.54, 1.807) is 50.4 Å². The van der Waals surface area contributed by atoms with Crippen molar-refractivity contribution in [3.63, 3.8) is 0 Å². The minimum Gasteiger partial charge on any atom is -0.497 e. The molecule has 136 valence electrons. The normalized spacial score (nSPS) is 12.7. The van der Waals surface area contributed by atoms with Crippen LogP contribution in [-0.2, 0) is 10.0 Å². The summed E-state index contributed by atoms with van der Waals surface area (Å²) in [6, 6.07) is 19.5. The molecule has 0 spiro atoms. The Morgan fingerprint density at radius 1 is 0.923 bits per heavy atom. The van der Waals surface area contributed by atoms with Gasteiger partial charge in [-0.1, -0.05) is 30.3 Å². The number of nitrogens with one attached hydrogen (secondary N) is 1. The van der Waals surface area contributed by atoms with Gasteiger partial charge in [0.15, 0.2) is 0 Å². The fraction of sp³-hybridized carbons (Fsp3) is 0.200. The van der Waals surface area contributed by atoms with E-state index in [1.807, 2.05) is 30.3 Å². The van der Waals surface area contributed by atoms with E-state index in [1.165, 1.54) is 0 Å². The first-order valence-corrected chi connectivity index (χ1v) is 9.74. The predicted octanol–water partition coefficient (Wildman–Crippen LogP) is 3.59. The van der Waals surface area contributed by atoms with Crippen LogP contribution in [0.5, 0.6) is 11.5 Å². The van der Waals surface area contributed by atoms with Gasteiger partial charge in [0, 0.05) is 0 Å². The van der Waals surface area contributed by atoms with E-state index < -0.39 is 10.0 Å². The van der Waals surface area contributed by atoms with Gasteiger partial charge in [-0.25, -0.2) is 13.1 Å². The first-order valence-electron chi connectivity index (χ1n) is 8.26. The first kappa shape index (κ1) is 18.2. The fourth-order valence-electron chi connectivity index (χ4n) is 2.59. The van der Waals surface area contributed by atoms with Crippen molar-refractivity contribution >= 4 is 20.8 Å². The molecule has 6 heteroatoms. The highest BCUT2D eigenvalue weighted by atomic mass is 32.2. The standard InChI is InChI=1S/C20H21NO4S/c1-15(14-25-19-10-8-18(24-2)9-11-19)21-26(22,23)20-12-7-16-5-3-4-6-17(16)13-20/h3-13,15,21H,14H2,1-2H3/t15-/m1/s1. The number of rotatable bonds is 7. The van der Waals surface area contributed by atoms with Crippen molar-refractivity contribution in [3.8, 4) is 11.5 Å². The number of ether oxygens (including phenoxy) is 2. The Kier molecular flexibility index (Phi) is 5.44. The number of methoxy groups -OCH3 is 1. The molecule has 0 saturated carbocycles. The van der Waals surface area contributed by atoms with Crippen LogP contribution in [0.15, 0.2) is 71.6 Å². The number of fused-ring (bicyclic) bond motifs is 1. The van der Waals surface area contributed by atoms with Gasteiger partial charge in [-0.15, -0.1) is 0 Å². The molecule has 0 unspecified atom stereocenters. The summed E-state index contributed by atoms with van der Waals surface area (Å²) >= 11 is 0. The third-order valence-corrected chi connectivity index (χ3v) is 5.53. The molecule has 5 nitrogen and oxygen atoms in total. The van der Waals surface area contributed by atoms with Crippen molar-refractivity contribution in [2.75, 3.05) is 13.7 Å². The molecule has 0 amide bonds. The van der Waals surface area contributed by atoms with Crippen LogP contribution in [0.1, 0.15) is 6.92 Å². The third kappa shape index (κ3) is 4.33.